The summed E-state index contributed by atoms with van der Waals surface area (Å²) in [5.41, 5.74) is 2.34. The second kappa shape index (κ2) is 8.52. The van der Waals surface area contributed by atoms with Crippen LogP contribution in [0.5, 0.6) is 0 Å². The second-order valence-electron chi connectivity index (χ2n) is 9.28. The van der Waals surface area contributed by atoms with Crippen LogP contribution in [-0.2, 0) is 13.6 Å². The van der Waals surface area contributed by atoms with Gasteiger partial charge in [-0.1, -0.05) is 35.5 Å². The molecule has 1 unspecified atom stereocenters. The number of benzene rings is 1. The third-order valence-electron chi connectivity index (χ3n) is 6.78. The van der Waals surface area contributed by atoms with Gasteiger partial charge in [-0.25, -0.2) is 0 Å². The Morgan fingerprint density at radius 2 is 2.03 bits per heavy atom. The van der Waals surface area contributed by atoms with Crippen molar-refractivity contribution in [3.63, 3.8) is 0 Å². The van der Waals surface area contributed by atoms with Crippen LogP contribution in [-0.4, -0.2) is 68.0 Å². The second-order valence-corrected chi connectivity index (χ2v) is 9.28. The minimum Gasteiger partial charge on any atom is -0.391 e. The minimum absolute atomic E-state index is 0.0508. The highest BCUT2D eigenvalue weighted by molar-refractivity contribution is 5.93. The van der Waals surface area contributed by atoms with E-state index in [1.165, 1.54) is 5.56 Å². The van der Waals surface area contributed by atoms with Crippen molar-refractivity contribution >= 4 is 5.91 Å². The number of aliphatic hydroxyl groups is 1. The molecule has 3 aromatic rings. The molecule has 1 N–H and O–H groups in total. The standard InChI is InChI=1S/C24H29N5O3/c1-27-14-18(13-25-27)15-28-9-7-24(8-10-28)12-20(30)16-29(17-24)23(31)21-11-22(32-26-21)19-5-3-2-4-6-19/h2-6,11,13-14,20,30H,7-10,12,15-17H2,1H3. The van der Waals surface area contributed by atoms with Gasteiger partial charge in [-0.15, -0.1) is 0 Å². The topological polar surface area (TPSA) is 87.6 Å². The Morgan fingerprint density at radius 1 is 1.25 bits per heavy atom. The zero-order valence-electron chi connectivity index (χ0n) is 18.4. The fourth-order valence-corrected chi connectivity index (χ4v) is 5.14. The summed E-state index contributed by atoms with van der Waals surface area (Å²) in [6.07, 6.45) is 6.11. The van der Waals surface area contributed by atoms with Gasteiger partial charge >= 0.3 is 0 Å². The van der Waals surface area contributed by atoms with Crippen LogP contribution in [0.3, 0.4) is 0 Å². The molecule has 0 bridgehead atoms. The quantitative estimate of drug-likeness (QED) is 0.678. The van der Waals surface area contributed by atoms with Crippen LogP contribution in [0.1, 0.15) is 35.3 Å². The van der Waals surface area contributed by atoms with E-state index in [0.29, 0.717) is 24.5 Å². The molecule has 0 saturated carbocycles. The third kappa shape index (κ3) is 4.33. The number of aromatic nitrogens is 3. The van der Waals surface area contributed by atoms with E-state index in [-0.39, 0.29) is 11.3 Å². The molecule has 2 fully saturated rings. The maximum Gasteiger partial charge on any atom is 0.276 e. The van der Waals surface area contributed by atoms with Crippen LogP contribution >= 0.6 is 0 Å². The molecule has 32 heavy (non-hydrogen) atoms. The van der Waals surface area contributed by atoms with Gasteiger partial charge in [-0.05, 0) is 37.8 Å². The van der Waals surface area contributed by atoms with Gasteiger partial charge in [0.2, 0.25) is 0 Å². The molecule has 1 amide bonds. The van der Waals surface area contributed by atoms with E-state index in [9.17, 15) is 9.90 Å². The van der Waals surface area contributed by atoms with Crippen molar-refractivity contribution in [3.05, 3.63) is 60.0 Å². The first kappa shape index (κ1) is 20.9. The van der Waals surface area contributed by atoms with Crippen LogP contribution < -0.4 is 0 Å². The Morgan fingerprint density at radius 3 is 2.75 bits per heavy atom. The lowest BCUT2D eigenvalue weighted by Crippen LogP contribution is -2.55. The van der Waals surface area contributed by atoms with E-state index in [1.54, 1.807) is 11.0 Å². The molecule has 2 aromatic heterocycles. The number of β-amino-alcohol motifs (C(OH)–C–C–N with tert-alkyl or cyclic N) is 1. The molecule has 0 aliphatic carbocycles. The summed E-state index contributed by atoms with van der Waals surface area (Å²) < 4.78 is 7.25. The Kier molecular flexibility index (Phi) is 5.57. The highest BCUT2D eigenvalue weighted by Gasteiger charge is 2.43. The van der Waals surface area contributed by atoms with Crippen molar-refractivity contribution in [3.8, 4) is 11.3 Å². The number of amides is 1. The van der Waals surface area contributed by atoms with Gasteiger partial charge in [0.25, 0.3) is 5.91 Å². The number of hydrogen-bond donors (Lipinski definition) is 1. The number of piperidine rings is 2. The average Bonchev–Trinajstić information content (AvgIpc) is 3.44. The highest BCUT2D eigenvalue weighted by atomic mass is 16.5. The molecule has 2 aliphatic heterocycles. The largest absolute Gasteiger partial charge is 0.391 e. The summed E-state index contributed by atoms with van der Waals surface area (Å²) in [5.74, 6) is 0.400. The van der Waals surface area contributed by atoms with Crippen LogP contribution in [0.25, 0.3) is 11.3 Å². The van der Waals surface area contributed by atoms with Crippen LogP contribution in [0, 0.1) is 5.41 Å². The number of aryl methyl sites for hydroxylation is 1. The number of likely N-dealkylation sites (tertiary alicyclic amines) is 2. The summed E-state index contributed by atoms with van der Waals surface area (Å²) in [4.78, 5) is 17.4. The van der Waals surface area contributed by atoms with Gasteiger partial charge in [0.1, 0.15) is 0 Å². The SMILES string of the molecule is Cn1cc(CN2CCC3(CC2)CC(O)CN(C(=O)c2cc(-c4ccccc4)on2)C3)cn1. The van der Waals surface area contributed by atoms with Gasteiger partial charge < -0.3 is 14.5 Å². The van der Waals surface area contributed by atoms with Crippen LogP contribution in [0.2, 0.25) is 0 Å². The molecule has 2 saturated heterocycles. The van der Waals surface area contributed by atoms with Crippen molar-refractivity contribution < 1.29 is 14.4 Å². The first-order chi connectivity index (χ1) is 15.5. The molecule has 8 heteroatoms. The van der Waals surface area contributed by atoms with E-state index >= 15 is 0 Å². The number of nitrogens with zero attached hydrogens (tertiary/aromatic N) is 5. The Hall–Kier alpha value is -2.97. The van der Waals surface area contributed by atoms with Crippen molar-refractivity contribution in [1.29, 1.82) is 0 Å². The molecule has 2 aliphatic rings. The molecule has 0 radical (unpaired) electrons. The lowest BCUT2D eigenvalue weighted by molar-refractivity contribution is -0.0340. The normalized spacial score (nSPS) is 21.2. The molecule has 1 spiro atoms. The van der Waals surface area contributed by atoms with Crippen molar-refractivity contribution in [1.82, 2.24) is 24.7 Å². The summed E-state index contributed by atoms with van der Waals surface area (Å²) in [7, 11) is 1.93. The first-order valence-electron chi connectivity index (χ1n) is 11.2. The van der Waals surface area contributed by atoms with Crippen LogP contribution in [0.15, 0.2) is 53.3 Å². The maximum atomic E-state index is 13.2. The molecule has 168 valence electrons. The third-order valence-corrected chi connectivity index (χ3v) is 6.78. The summed E-state index contributed by atoms with van der Waals surface area (Å²) in [6.45, 7) is 3.78. The highest BCUT2D eigenvalue weighted by Crippen LogP contribution is 2.40. The predicted octanol–water partition coefficient (Wildman–Crippen LogP) is 2.56. The van der Waals surface area contributed by atoms with E-state index in [0.717, 1.165) is 44.5 Å². The fourth-order valence-electron chi connectivity index (χ4n) is 5.14. The zero-order chi connectivity index (χ0) is 22.1. The smallest absolute Gasteiger partial charge is 0.276 e. The summed E-state index contributed by atoms with van der Waals surface area (Å²) >= 11 is 0. The fraction of sp³-hybridized carbons (Fsp3) is 0.458. The number of rotatable bonds is 4. The lowest BCUT2D eigenvalue weighted by Gasteiger charge is -2.49. The van der Waals surface area contributed by atoms with Crippen molar-refractivity contribution in [2.45, 2.75) is 31.9 Å². The van der Waals surface area contributed by atoms with E-state index in [1.807, 2.05) is 48.3 Å². The Balaban J connectivity index is 1.24. The lowest BCUT2D eigenvalue weighted by atomic mass is 9.71. The van der Waals surface area contributed by atoms with Gasteiger partial charge in [0.15, 0.2) is 11.5 Å². The number of hydrogen-bond acceptors (Lipinski definition) is 6. The van der Waals surface area contributed by atoms with Crippen LogP contribution in [0.4, 0.5) is 0 Å². The van der Waals surface area contributed by atoms with Crippen molar-refractivity contribution in [2.24, 2.45) is 12.5 Å². The van der Waals surface area contributed by atoms with Gasteiger partial charge in [-0.3, -0.25) is 14.4 Å². The zero-order valence-corrected chi connectivity index (χ0v) is 18.4. The summed E-state index contributed by atoms with van der Waals surface area (Å²) in [6, 6.07) is 11.3. The average molecular weight is 436 g/mol. The molecule has 5 rings (SSSR count). The van der Waals surface area contributed by atoms with Crippen molar-refractivity contribution in [2.75, 3.05) is 26.2 Å². The Bertz CT molecular complexity index is 1070. The van der Waals surface area contributed by atoms with Gasteiger partial charge in [-0.2, -0.15) is 5.10 Å². The number of aliphatic hydroxyl groups excluding tert-OH is 1. The van der Waals surface area contributed by atoms with E-state index < -0.39 is 6.10 Å². The van der Waals surface area contributed by atoms with E-state index in [2.05, 4.69) is 21.4 Å². The minimum atomic E-state index is -0.516. The molecule has 1 aromatic carbocycles. The molecule has 4 heterocycles. The maximum absolute atomic E-state index is 13.2. The first-order valence-corrected chi connectivity index (χ1v) is 11.2. The van der Waals surface area contributed by atoms with E-state index in [4.69, 9.17) is 4.52 Å². The molecular weight excluding hydrogens is 406 g/mol. The molecule has 1 atom stereocenters. The predicted molar refractivity (Wildman–Crippen MR) is 119 cm³/mol. The number of carbonyl (C=O) groups is 1. The summed E-state index contributed by atoms with van der Waals surface area (Å²) in [5, 5.41) is 18.9. The number of carbonyl (C=O) groups excluding carboxylic acids is 1. The van der Waals surface area contributed by atoms with Gasteiger partial charge in [0, 0.05) is 50.1 Å². The monoisotopic (exact) mass is 435 g/mol. The molecule has 8 nitrogen and oxygen atoms in total. The Labute approximate surface area is 187 Å². The molecular formula is C24H29N5O3. The van der Waals surface area contributed by atoms with Gasteiger partial charge in [0.05, 0.1) is 12.3 Å².